The number of hydrogen-bond acceptors (Lipinski definition) is 6. The summed E-state index contributed by atoms with van der Waals surface area (Å²) in [7, 11) is 0. The number of aromatic nitrogens is 2. The highest BCUT2D eigenvalue weighted by Crippen LogP contribution is 2.33. The van der Waals surface area contributed by atoms with Crippen molar-refractivity contribution in [2.24, 2.45) is 0 Å². The highest BCUT2D eigenvalue weighted by molar-refractivity contribution is 5.79. The topological polar surface area (TPSA) is 71.7 Å². The Bertz CT molecular complexity index is 549. The van der Waals surface area contributed by atoms with Crippen LogP contribution in [0.1, 0.15) is 49.7 Å². The molecule has 1 saturated carbocycles. The number of ether oxygens (including phenoxy) is 1. The van der Waals surface area contributed by atoms with E-state index in [1.807, 2.05) is 4.90 Å². The number of amides is 1. The Morgan fingerprint density at radius 1 is 1.17 bits per heavy atom. The summed E-state index contributed by atoms with van der Waals surface area (Å²) in [5.41, 5.74) is 0. The van der Waals surface area contributed by atoms with E-state index >= 15 is 0 Å². The number of likely N-dealkylation sites (tertiary alicyclic amines) is 1. The monoisotopic (exact) mass is 320 g/mol. The third-order valence-electron chi connectivity index (χ3n) is 5.23. The summed E-state index contributed by atoms with van der Waals surface area (Å²) in [6.07, 6.45) is 5.28. The maximum absolute atomic E-state index is 12.3. The van der Waals surface area contributed by atoms with Gasteiger partial charge in [0.15, 0.2) is 5.82 Å². The van der Waals surface area contributed by atoms with Crippen LogP contribution in [0.15, 0.2) is 4.52 Å². The molecule has 1 atom stereocenters. The summed E-state index contributed by atoms with van der Waals surface area (Å²) in [5, 5.41) is 4.10. The van der Waals surface area contributed by atoms with Gasteiger partial charge in [0.25, 0.3) is 0 Å². The molecule has 4 rings (SSSR count). The molecule has 1 aliphatic carbocycles. The van der Waals surface area contributed by atoms with Crippen molar-refractivity contribution in [1.29, 1.82) is 0 Å². The first-order chi connectivity index (χ1) is 11.3. The Balaban J connectivity index is 1.37. The molecular weight excluding hydrogens is 296 g/mol. The lowest BCUT2D eigenvalue weighted by molar-refractivity contribution is -0.129. The lowest BCUT2D eigenvalue weighted by atomic mass is 10.1. The number of hydrogen-bond donors (Lipinski definition) is 0. The molecule has 0 aromatic carbocycles. The normalized spacial score (nSPS) is 27.2. The molecule has 7 heteroatoms. The summed E-state index contributed by atoms with van der Waals surface area (Å²) in [6.45, 7) is 4.77. The lowest BCUT2D eigenvalue weighted by Crippen LogP contribution is -2.35. The van der Waals surface area contributed by atoms with Gasteiger partial charge in [0.1, 0.15) is 0 Å². The first-order valence-corrected chi connectivity index (χ1v) is 8.71. The number of nitrogens with zero attached hydrogens (tertiary/aromatic N) is 4. The van der Waals surface area contributed by atoms with Gasteiger partial charge in [-0.05, 0) is 12.8 Å². The van der Waals surface area contributed by atoms with Gasteiger partial charge in [-0.15, -0.1) is 0 Å². The van der Waals surface area contributed by atoms with Crippen molar-refractivity contribution in [3.8, 4) is 0 Å². The molecule has 0 unspecified atom stereocenters. The Morgan fingerprint density at radius 2 is 1.96 bits per heavy atom. The van der Waals surface area contributed by atoms with E-state index in [0.717, 1.165) is 45.7 Å². The SMILES string of the molecule is O=C1C[C@@H](c2nc(CN3CCOCC3)no2)CN1C1CCCC1. The van der Waals surface area contributed by atoms with Gasteiger partial charge in [-0.25, -0.2) is 0 Å². The second-order valence-corrected chi connectivity index (χ2v) is 6.82. The van der Waals surface area contributed by atoms with Crippen LogP contribution in [0, 0.1) is 0 Å². The highest BCUT2D eigenvalue weighted by Gasteiger charge is 2.38. The van der Waals surface area contributed by atoms with Gasteiger partial charge in [0.05, 0.1) is 25.7 Å². The molecule has 3 aliphatic rings. The predicted molar refractivity (Wildman–Crippen MR) is 81.7 cm³/mol. The first-order valence-electron chi connectivity index (χ1n) is 8.71. The zero-order chi connectivity index (χ0) is 15.6. The van der Waals surface area contributed by atoms with Crippen LogP contribution in [-0.2, 0) is 16.1 Å². The van der Waals surface area contributed by atoms with Crippen LogP contribution in [0.5, 0.6) is 0 Å². The summed E-state index contributed by atoms with van der Waals surface area (Å²) in [6, 6.07) is 0.434. The minimum atomic E-state index is 0.0639. The minimum absolute atomic E-state index is 0.0639. The molecule has 0 spiro atoms. The second kappa shape index (κ2) is 6.57. The van der Waals surface area contributed by atoms with Gasteiger partial charge in [0, 0.05) is 32.1 Å². The molecule has 3 heterocycles. The quantitative estimate of drug-likeness (QED) is 0.829. The molecule has 7 nitrogen and oxygen atoms in total. The van der Waals surface area contributed by atoms with Crippen LogP contribution in [-0.4, -0.2) is 64.7 Å². The molecule has 0 radical (unpaired) electrons. The zero-order valence-electron chi connectivity index (χ0n) is 13.4. The maximum atomic E-state index is 12.3. The van der Waals surface area contributed by atoms with Crippen molar-refractivity contribution in [1.82, 2.24) is 19.9 Å². The summed E-state index contributed by atoms with van der Waals surface area (Å²) in [4.78, 5) is 21.1. The van der Waals surface area contributed by atoms with Crippen molar-refractivity contribution >= 4 is 5.91 Å². The molecule has 2 saturated heterocycles. The van der Waals surface area contributed by atoms with Gasteiger partial charge in [-0.3, -0.25) is 9.69 Å². The predicted octanol–water partition coefficient (Wildman–Crippen LogP) is 1.16. The van der Waals surface area contributed by atoms with Crippen molar-refractivity contribution in [3.05, 3.63) is 11.7 Å². The number of carbonyl (C=O) groups excluding carboxylic acids is 1. The van der Waals surface area contributed by atoms with Gasteiger partial charge in [-0.1, -0.05) is 18.0 Å². The van der Waals surface area contributed by atoms with E-state index in [-0.39, 0.29) is 11.8 Å². The Morgan fingerprint density at radius 3 is 2.74 bits per heavy atom. The molecule has 1 aromatic heterocycles. The molecule has 2 aliphatic heterocycles. The Hall–Kier alpha value is -1.47. The largest absolute Gasteiger partial charge is 0.379 e. The summed E-state index contributed by atoms with van der Waals surface area (Å²) in [5.74, 6) is 1.65. The van der Waals surface area contributed by atoms with E-state index in [1.165, 1.54) is 12.8 Å². The standard InChI is InChI=1S/C16H24N4O3/c21-15-9-12(10-20(15)13-3-1-2-4-13)16-17-14(18-23-16)11-19-5-7-22-8-6-19/h12-13H,1-11H2/t12-/m1/s1. The summed E-state index contributed by atoms with van der Waals surface area (Å²) >= 11 is 0. The average Bonchev–Trinajstić information content (AvgIpc) is 3.28. The van der Waals surface area contributed by atoms with Gasteiger partial charge in [0.2, 0.25) is 11.8 Å². The number of morpholine rings is 1. The number of carbonyl (C=O) groups is 1. The van der Waals surface area contributed by atoms with E-state index in [2.05, 4.69) is 15.0 Å². The third kappa shape index (κ3) is 3.26. The summed E-state index contributed by atoms with van der Waals surface area (Å²) < 4.78 is 10.8. The van der Waals surface area contributed by atoms with E-state index in [4.69, 9.17) is 9.26 Å². The Labute approximate surface area is 136 Å². The molecule has 1 amide bonds. The zero-order valence-corrected chi connectivity index (χ0v) is 13.4. The van der Waals surface area contributed by atoms with Crippen LogP contribution < -0.4 is 0 Å². The fourth-order valence-corrected chi connectivity index (χ4v) is 3.92. The third-order valence-corrected chi connectivity index (χ3v) is 5.23. The first kappa shape index (κ1) is 15.1. The van der Waals surface area contributed by atoms with Crippen molar-refractivity contribution in [3.63, 3.8) is 0 Å². The van der Waals surface area contributed by atoms with Crippen LogP contribution in [0.2, 0.25) is 0 Å². The van der Waals surface area contributed by atoms with Crippen LogP contribution in [0.4, 0.5) is 0 Å². The highest BCUT2D eigenvalue weighted by atomic mass is 16.5. The molecule has 23 heavy (non-hydrogen) atoms. The van der Waals surface area contributed by atoms with Gasteiger partial charge < -0.3 is 14.2 Å². The van der Waals surface area contributed by atoms with Crippen molar-refractivity contribution in [2.75, 3.05) is 32.8 Å². The van der Waals surface area contributed by atoms with Gasteiger partial charge in [-0.2, -0.15) is 4.98 Å². The van der Waals surface area contributed by atoms with E-state index < -0.39 is 0 Å². The molecular formula is C16H24N4O3. The minimum Gasteiger partial charge on any atom is -0.379 e. The maximum Gasteiger partial charge on any atom is 0.232 e. The average molecular weight is 320 g/mol. The van der Waals surface area contributed by atoms with E-state index in [0.29, 0.717) is 30.7 Å². The van der Waals surface area contributed by atoms with Crippen molar-refractivity contribution < 1.29 is 14.1 Å². The molecule has 0 bridgehead atoms. The fraction of sp³-hybridized carbons (Fsp3) is 0.812. The van der Waals surface area contributed by atoms with Crippen LogP contribution in [0.25, 0.3) is 0 Å². The molecule has 0 N–H and O–H groups in total. The van der Waals surface area contributed by atoms with E-state index in [9.17, 15) is 4.79 Å². The fourth-order valence-electron chi connectivity index (χ4n) is 3.92. The lowest BCUT2D eigenvalue weighted by Gasteiger charge is -2.24. The van der Waals surface area contributed by atoms with Crippen molar-refractivity contribution in [2.45, 2.75) is 50.6 Å². The van der Waals surface area contributed by atoms with Crippen LogP contribution >= 0.6 is 0 Å². The molecule has 126 valence electrons. The smallest absolute Gasteiger partial charge is 0.232 e. The second-order valence-electron chi connectivity index (χ2n) is 6.82. The Kier molecular flexibility index (Phi) is 4.31. The van der Waals surface area contributed by atoms with Crippen LogP contribution in [0.3, 0.4) is 0 Å². The van der Waals surface area contributed by atoms with Gasteiger partial charge >= 0.3 is 0 Å². The number of rotatable bonds is 4. The molecule has 1 aromatic rings. The molecule has 3 fully saturated rings. The van der Waals surface area contributed by atoms with E-state index in [1.54, 1.807) is 0 Å².